The molecule has 3 rings (SSSR count). The Bertz CT molecular complexity index is 310. The molecule has 0 aromatic carbocycles. The van der Waals surface area contributed by atoms with Gasteiger partial charge < -0.3 is 10.2 Å². The Morgan fingerprint density at radius 3 is 2.57 bits per heavy atom. The van der Waals surface area contributed by atoms with Crippen molar-refractivity contribution < 1.29 is 0 Å². The van der Waals surface area contributed by atoms with Crippen LogP contribution in [0.4, 0.5) is 0 Å². The second-order valence-electron chi connectivity index (χ2n) is 7.79. The molecule has 0 bridgehead atoms. The Morgan fingerprint density at radius 1 is 1.10 bits per heavy atom. The predicted octanol–water partition coefficient (Wildman–Crippen LogP) is 2.86. The standard InChI is InChI=1S/C18H35N3/c1-15-13-16(14-21(15)18-9-10-18)19-11-6-12-20(2)17-7-4-3-5-8-17/h15-19H,3-14H2,1-2H3. The van der Waals surface area contributed by atoms with Gasteiger partial charge in [-0.25, -0.2) is 0 Å². The maximum Gasteiger partial charge on any atom is 0.0210 e. The van der Waals surface area contributed by atoms with Crippen molar-refractivity contribution in [2.45, 2.75) is 88.9 Å². The second kappa shape index (κ2) is 7.43. The summed E-state index contributed by atoms with van der Waals surface area (Å²) in [7, 11) is 2.34. The molecule has 3 fully saturated rings. The number of hydrogen-bond acceptors (Lipinski definition) is 3. The van der Waals surface area contributed by atoms with Crippen molar-refractivity contribution >= 4 is 0 Å². The first-order valence-corrected chi connectivity index (χ1v) is 9.43. The van der Waals surface area contributed by atoms with Gasteiger partial charge in [0.1, 0.15) is 0 Å². The summed E-state index contributed by atoms with van der Waals surface area (Å²) in [4.78, 5) is 5.36. The number of nitrogens with zero attached hydrogens (tertiary/aromatic N) is 2. The molecule has 0 amide bonds. The summed E-state index contributed by atoms with van der Waals surface area (Å²) >= 11 is 0. The van der Waals surface area contributed by atoms with E-state index >= 15 is 0 Å². The summed E-state index contributed by atoms with van der Waals surface area (Å²) in [6.07, 6.45) is 12.8. The molecular weight excluding hydrogens is 258 g/mol. The minimum Gasteiger partial charge on any atom is -0.313 e. The Morgan fingerprint density at radius 2 is 1.86 bits per heavy atom. The van der Waals surface area contributed by atoms with Crippen LogP contribution in [0.15, 0.2) is 0 Å². The van der Waals surface area contributed by atoms with Crippen LogP contribution in [0, 0.1) is 0 Å². The lowest BCUT2D eigenvalue weighted by Crippen LogP contribution is -2.37. The largest absolute Gasteiger partial charge is 0.313 e. The third-order valence-electron chi connectivity index (χ3n) is 5.96. The van der Waals surface area contributed by atoms with Crippen molar-refractivity contribution in [3.8, 4) is 0 Å². The lowest BCUT2D eigenvalue weighted by atomic mass is 9.94. The van der Waals surface area contributed by atoms with Gasteiger partial charge in [0, 0.05) is 30.7 Å². The molecule has 21 heavy (non-hydrogen) atoms. The Kier molecular flexibility index (Phi) is 5.58. The van der Waals surface area contributed by atoms with E-state index in [2.05, 4.69) is 29.1 Å². The molecule has 0 radical (unpaired) electrons. The van der Waals surface area contributed by atoms with Gasteiger partial charge >= 0.3 is 0 Å². The normalized spacial score (nSPS) is 32.1. The first-order chi connectivity index (χ1) is 10.2. The molecule has 2 atom stereocenters. The topological polar surface area (TPSA) is 18.5 Å². The fourth-order valence-electron chi connectivity index (χ4n) is 4.46. The van der Waals surface area contributed by atoms with E-state index in [1.807, 2.05) is 0 Å². The molecule has 3 aliphatic rings. The van der Waals surface area contributed by atoms with Crippen LogP contribution >= 0.6 is 0 Å². The minimum atomic E-state index is 0.751. The van der Waals surface area contributed by atoms with Crippen LogP contribution in [0.25, 0.3) is 0 Å². The zero-order valence-electron chi connectivity index (χ0n) is 14.2. The van der Waals surface area contributed by atoms with E-state index in [0.29, 0.717) is 0 Å². The third kappa shape index (κ3) is 4.43. The fourth-order valence-corrected chi connectivity index (χ4v) is 4.46. The van der Waals surface area contributed by atoms with Crippen LogP contribution < -0.4 is 5.32 Å². The van der Waals surface area contributed by atoms with Gasteiger partial charge in [0.25, 0.3) is 0 Å². The highest BCUT2D eigenvalue weighted by molar-refractivity contribution is 4.95. The molecule has 2 unspecified atom stereocenters. The zero-order chi connectivity index (χ0) is 14.7. The van der Waals surface area contributed by atoms with Crippen molar-refractivity contribution in [1.82, 2.24) is 15.1 Å². The monoisotopic (exact) mass is 293 g/mol. The molecule has 1 N–H and O–H groups in total. The summed E-state index contributed by atoms with van der Waals surface area (Å²) in [6, 6.07) is 3.36. The van der Waals surface area contributed by atoms with Crippen LogP contribution in [0.1, 0.15) is 64.7 Å². The third-order valence-corrected chi connectivity index (χ3v) is 5.96. The van der Waals surface area contributed by atoms with Gasteiger partial charge in [0.05, 0.1) is 0 Å². The zero-order valence-corrected chi connectivity index (χ0v) is 14.2. The molecule has 0 aromatic heterocycles. The molecule has 2 saturated carbocycles. The van der Waals surface area contributed by atoms with Crippen molar-refractivity contribution in [3.05, 3.63) is 0 Å². The maximum absolute atomic E-state index is 3.81. The SMILES string of the molecule is CC1CC(NCCCN(C)C2CCCCC2)CN1C1CC1. The van der Waals surface area contributed by atoms with Crippen LogP contribution in [0.5, 0.6) is 0 Å². The van der Waals surface area contributed by atoms with Gasteiger partial charge in [-0.3, -0.25) is 4.90 Å². The average molecular weight is 293 g/mol. The molecule has 1 heterocycles. The lowest BCUT2D eigenvalue weighted by Gasteiger charge is -2.31. The maximum atomic E-state index is 3.81. The van der Waals surface area contributed by atoms with Crippen molar-refractivity contribution in [2.75, 3.05) is 26.7 Å². The quantitative estimate of drug-likeness (QED) is 0.728. The number of rotatable bonds is 7. The van der Waals surface area contributed by atoms with Gasteiger partial charge in [-0.05, 0) is 65.6 Å². The van der Waals surface area contributed by atoms with E-state index in [9.17, 15) is 0 Å². The number of hydrogen-bond donors (Lipinski definition) is 1. The molecule has 3 nitrogen and oxygen atoms in total. The highest BCUT2D eigenvalue weighted by Crippen LogP contribution is 2.33. The van der Waals surface area contributed by atoms with E-state index in [1.165, 1.54) is 77.4 Å². The smallest absolute Gasteiger partial charge is 0.0210 e. The Hall–Kier alpha value is -0.120. The Labute approximate surface area is 131 Å². The van der Waals surface area contributed by atoms with Crippen molar-refractivity contribution in [3.63, 3.8) is 0 Å². The summed E-state index contributed by atoms with van der Waals surface area (Å²) in [5.41, 5.74) is 0. The van der Waals surface area contributed by atoms with Crippen molar-refractivity contribution in [1.29, 1.82) is 0 Å². The van der Waals surface area contributed by atoms with Crippen molar-refractivity contribution in [2.24, 2.45) is 0 Å². The second-order valence-corrected chi connectivity index (χ2v) is 7.79. The van der Waals surface area contributed by atoms with Gasteiger partial charge in [-0.2, -0.15) is 0 Å². The molecular formula is C18H35N3. The highest BCUT2D eigenvalue weighted by Gasteiger charge is 2.38. The van der Waals surface area contributed by atoms with Crippen LogP contribution in [0.3, 0.4) is 0 Å². The van der Waals surface area contributed by atoms with Gasteiger partial charge in [0.15, 0.2) is 0 Å². The van der Waals surface area contributed by atoms with Crippen LogP contribution in [0.2, 0.25) is 0 Å². The first kappa shape index (κ1) is 15.8. The molecule has 0 spiro atoms. The van der Waals surface area contributed by atoms with Gasteiger partial charge in [0.2, 0.25) is 0 Å². The van der Waals surface area contributed by atoms with E-state index < -0.39 is 0 Å². The fraction of sp³-hybridized carbons (Fsp3) is 1.00. The molecule has 2 aliphatic carbocycles. The average Bonchev–Trinajstić information content (AvgIpc) is 3.28. The van der Waals surface area contributed by atoms with E-state index in [1.54, 1.807) is 0 Å². The number of nitrogens with one attached hydrogen (secondary N) is 1. The van der Waals surface area contributed by atoms with E-state index in [-0.39, 0.29) is 0 Å². The molecule has 1 saturated heterocycles. The van der Waals surface area contributed by atoms with Crippen LogP contribution in [-0.2, 0) is 0 Å². The Balaban J connectivity index is 1.28. The predicted molar refractivity (Wildman–Crippen MR) is 89.7 cm³/mol. The highest BCUT2D eigenvalue weighted by atomic mass is 15.3. The minimum absolute atomic E-state index is 0.751. The lowest BCUT2D eigenvalue weighted by molar-refractivity contribution is 0.189. The summed E-state index contributed by atoms with van der Waals surface area (Å²) in [5.74, 6) is 0. The molecule has 0 aromatic rings. The summed E-state index contributed by atoms with van der Waals surface area (Å²) in [5, 5.41) is 3.81. The van der Waals surface area contributed by atoms with E-state index in [0.717, 1.165) is 24.2 Å². The van der Waals surface area contributed by atoms with Crippen LogP contribution in [-0.4, -0.2) is 60.6 Å². The van der Waals surface area contributed by atoms with Gasteiger partial charge in [-0.15, -0.1) is 0 Å². The summed E-state index contributed by atoms with van der Waals surface area (Å²) in [6.45, 7) is 6.18. The molecule has 3 heteroatoms. The van der Waals surface area contributed by atoms with E-state index in [4.69, 9.17) is 0 Å². The number of likely N-dealkylation sites (tertiary alicyclic amines) is 1. The van der Waals surface area contributed by atoms with Gasteiger partial charge in [-0.1, -0.05) is 19.3 Å². The molecule has 122 valence electrons. The first-order valence-electron chi connectivity index (χ1n) is 9.43. The summed E-state index contributed by atoms with van der Waals surface area (Å²) < 4.78 is 0. The molecule has 1 aliphatic heterocycles.